The average Bonchev–Trinajstić information content (AvgIpc) is 2.95. The largest absolute Gasteiger partial charge is 0.495 e. The van der Waals surface area contributed by atoms with E-state index >= 15 is 0 Å². The Morgan fingerprint density at radius 2 is 1.48 bits per heavy atom. The van der Waals surface area contributed by atoms with Gasteiger partial charge in [0.05, 0.1) is 17.7 Å². The summed E-state index contributed by atoms with van der Waals surface area (Å²) >= 11 is 0. The van der Waals surface area contributed by atoms with Gasteiger partial charge < -0.3 is 14.8 Å². The van der Waals surface area contributed by atoms with Gasteiger partial charge in [0.15, 0.2) is 0 Å². The second kappa shape index (κ2) is 12.7. The standard InChI is InChI=1S/C31H31FN2O5S/c1-22-4-15-28(16-5-22)40(36,37)34(29-18-23(2)6-17-30(29)38-3)20-31(35)33-19-24-9-13-27(14-10-24)39-21-25-7-11-26(32)12-8-25/h4-18H,19-21H2,1-3H3,(H,33,35). The summed E-state index contributed by atoms with van der Waals surface area (Å²) < 4.78 is 52.7. The van der Waals surface area contributed by atoms with Gasteiger partial charge in [-0.2, -0.15) is 0 Å². The quantitative estimate of drug-likeness (QED) is 0.259. The maximum absolute atomic E-state index is 13.7. The van der Waals surface area contributed by atoms with E-state index in [0.717, 1.165) is 26.6 Å². The molecule has 0 aliphatic heterocycles. The number of aryl methyl sites for hydroxylation is 2. The normalized spacial score (nSPS) is 11.1. The Hall–Kier alpha value is -4.37. The van der Waals surface area contributed by atoms with E-state index in [0.29, 0.717) is 18.1 Å². The number of nitrogens with one attached hydrogen (secondary N) is 1. The summed E-state index contributed by atoms with van der Waals surface area (Å²) in [5.41, 5.74) is 3.67. The molecule has 0 aliphatic carbocycles. The van der Waals surface area contributed by atoms with Crippen LogP contribution in [0.25, 0.3) is 0 Å². The summed E-state index contributed by atoms with van der Waals surface area (Å²) in [6, 6.07) is 24.9. The average molecular weight is 563 g/mol. The van der Waals surface area contributed by atoms with E-state index in [-0.39, 0.29) is 22.9 Å². The molecular formula is C31H31FN2O5S. The van der Waals surface area contributed by atoms with E-state index < -0.39 is 22.5 Å². The van der Waals surface area contributed by atoms with Crippen molar-refractivity contribution in [2.24, 2.45) is 0 Å². The van der Waals surface area contributed by atoms with Crippen LogP contribution in [-0.4, -0.2) is 28.0 Å². The number of halogens is 1. The van der Waals surface area contributed by atoms with Crippen molar-refractivity contribution >= 4 is 21.6 Å². The van der Waals surface area contributed by atoms with Gasteiger partial charge in [0, 0.05) is 6.54 Å². The summed E-state index contributed by atoms with van der Waals surface area (Å²) in [6.07, 6.45) is 0. The van der Waals surface area contributed by atoms with Gasteiger partial charge in [-0.3, -0.25) is 9.10 Å². The van der Waals surface area contributed by atoms with Crippen LogP contribution in [0.5, 0.6) is 11.5 Å². The fourth-order valence-electron chi connectivity index (χ4n) is 3.97. The lowest BCUT2D eigenvalue weighted by Gasteiger charge is -2.26. The number of anilines is 1. The number of methoxy groups -OCH3 is 1. The first-order chi connectivity index (χ1) is 19.2. The van der Waals surface area contributed by atoms with Crippen LogP contribution in [0.3, 0.4) is 0 Å². The summed E-state index contributed by atoms with van der Waals surface area (Å²) in [7, 11) is -2.62. The van der Waals surface area contributed by atoms with E-state index in [1.165, 1.54) is 31.4 Å². The van der Waals surface area contributed by atoms with Crippen molar-refractivity contribution in [1.29, 1.82) is 0 Å². The highest BCUT2D eigenvalue weighted by Crippen LogP contribution is 2.33. The molecule has 0 saturated carbocycles. The predicted molar refractivity (Wildman–Crippen MR) is 152 cm³/mol. The molecule has 0 radical (unpaired) electrons. The van der Waals surface area contributed by atoms with Gasteiger partial charge in [0.1, 0.15) is 30.5 Å². The molecule has 40 heavy (non-hydrogen) atoms. The van der Waals surface area contributed by atoms with Crippen molar-refractivity contribution in [3.63, 3.8) is 0 Å². The number of amides is 1. The van der Waals surface area contributed by atoms with Gasteiger partial charge in [-0.15, -0.1) is 0 Å². The lowest BCUT2D eigenvalue weighted by atomic mass is 10.2. The number of hydrogen-bond acceptors (Lipinski definition) is 5. The third-order valence-electron chi connectivity index (χ3n) is 6.23. The Morgan fingerprint density at radius 3 is 2.12 bits per heavy atom. The van der Waals surface area contributed by atoms with Crippen LogP contribution in [0.15, 0.2) is 95.9 Å². The van der Waals surface area contributed by atoms with Crippen molar-refractivity contribution in [3.8, 4) is 11.5 Å². The van der Waals surface area contributed by atoms with Crippen molar-refractivity contribution in [2.75, 3.05) is 18.0 Å². The lowest BCUT2D eigenvalue weighted by molar-refractivity contribution is -0.119. The topological polar surface area (TPSA) is 84.9 Å². The smallest absolute Gasteiger partial charge is 0.264 e. The van der Waals surface area contributed by atoms with Gasteiger partial charge in [0.2, 0.25) is 5.91 Å². The Balaban J connectivity index is 1.46. The molecule has 4 aromatic rings. The Morgan fingerprint density at radius 1 is 0.850 bits per heavy atom. The fourth-order valence-corrected chi connectivity index (χ4v) is 5.39. The Labute approximate surface area is 234 Å². The molecule has 0 aromatic heterocycles. The molecule has 4 rings (SSSR count). The second-order valence-electron chi connectivity index (χ2n) is 9.34. The summed E-state index contributed by atoms with van der Waals surface area (Å²) in [6.45, 7) is 3.77. The van der Waals surface area contributed by atoms with Crippen molar-refractivity contribution in [2.45, 2.75) is 31.9 Å². The molecule has 0 saturated heterocycles. The van der Waals surface area contributed by atoms with Gasteiger partial charge in [-0.25, -0.2) is 12.8 Å². The molecule has 0 bridgehead atoms. The SMILES string of the molecule is COc1ccc(C)cc1N(CC(=O)NCc1ccc(OCc2ccc(F)cc2)cc1)S(=O)(=O)c1ccc(C)cc1. The van der Waals surface area contributed by atoms with Crippen LogP contribution >= 0.6 is 0 Å². The van der Waals surface area contributed by atoms with Gasteiger partial charge >= 0.3 is 0 Å². The van der Waals surface area contributed by atoms with Gasteiger partial charge in [-0.1, -0.05) is 48.0 Å². The van der Waals surface area contributed by atoms with E-state index in [4.69, 9.17) is 9.47 Å². The first-order valence-corrected chi connectivity index (χ1v) is 14.1. The minimum Gasteiger partial charge on any atom is -0.495 e. The molecule has 0 aliphatic rings. The zero-order valence-electron chi connectivity index (χ0n) is 22.6. The number of benzene rings is 4. The highest BCUT2D eigenvalue weighted by atomic mass is 32.2. The second-order valence-corrected chi connectivity index (χ2v) is 11.2. The van der Waals surface area contributed by atoms with Crippen LogP contribution in [0.2, 0.25) is 0 Å². The number of hydrogen-bond donors (Lipinski definition) is 1. The third-order valence-corrected chi connectivity index (χ3v) is 8.00. The number of nitrogens with zero attached hydrogens (tertiary/aromatic N) is 1. The predicted octanol–water partition coefficient (Wildman–Crippen LogP) is 5.54. The lowest BCUT2D eigenvalue weighted by Crippen LogP contribution is -2.41. The van der Waals surface area contributed by atoms with E-state index in [1.807, 2.05) is 32.0 Å². The number of carbonyl (C=O) groups is 1. The number of ether oxygens (including phenoxy) is 2. The number of sulfonamides is 1. The van der Waals surface area contributed by atoms with Crippen LogP contribution in [-0.2, 0) is 28.0 Å². The molecule has 0 fully saturated rings. The summed E-state index contributed by atoms with van der Waals surface area (Å²) in [5, 5.41) is 2.80. The maximum atomic E-state index is 13.7. The van der Waals surface area contributed by atoms with Gasteiger partial charge in [-0.05, 0) is 79.1 Å². The molecule has 0 unspecified atom stereocenters. The minimum absolute atomic E-state index is 0.0747. The van der Waals surface area contributed by atoms with E-state index in [1.54, 1.807) is 48.5 Å². The zero-order valence-corrected chi connectivity index (χ0v) is 23.4. The molecule has 0 atom stereocenters. The summed E-state index contributed by atoms with van der Waals surface area (Å²) in [4.78, 5) is 13.1. The Bertz CT molecular complexity index is 1560. The molecule has 1 N–H and O–H groups in total. The third kappa shape index (κ3) is 7.18. The van der Waals surface area contributed by atoms with Crippen LogP contribution < -0.4 is 19.1 Å². The van der Waals surface area contributed by atoms with Crippen LogP contribution in [0, 0.1) is 19.7 Å². The van der Waals surface area contributed by atoms with Crippen molar-refractivity contribution < 1.29 is 27.1 Å². The first kappa shape index (κ1) is 28.6. The highest BCUT2D eigenvalue weighted by Gasteiger charge is 2.29. The monoisotopic (exact) mass is 562 g/mol. The highest BCUT2D eigenvalue weighted by molar-refractivity contribution is 7.92. The maximum Gasteiger partial charge on any atom is 0.264 e. The molecule has 4 aromatic carbocycles. The number of carbonyl (C=O) groups excluding carboxylic acids is 1. The van der Waals surface area contributed by atoms with E-state index in [9.17, 15) is 17.6 Å². The molecule has 7 nitrogen and oxygen atoms in total. The van der Waals surface area contributed by atoms with E-state index in [2.05, 4.69) is 5.32 Å². The fraction of sp³-hybridized carbons (Fsp3) is 0.194. The number of rotatable bonds is 11. The summed E-state index contributed by atoms with van der Waals surface area (Å²) in [5.74, 6) is 0.187. The minimum atomic E-state index is -4.08. The van der Waals surface area contributed by atoms with Crippen molar-refractivity contribution in [3.05, 3.63) is 119 Å². The molecule has 208 valence electrons. The molecule has 9 heteroatoms. The first-order valence-electron chi connectivity index (χ1n) is 12.6. The molecule has 1 amide bonds. The van der Waals surface area contributed by atoms with Crippen molar-refractivity contribution in [1.82, 2.24) is 5.32 Å². The molecule has 0 heterocycles. The van der Waals surface area contributed by atoms with Crippen LogP contribution in [0.4, 0.5) is 10.1 Å². The zero-order chi connectivity index (χ0) is 28.7. The Kier molecular flexibility index (Phi) is 9.06. The molecule has 0 spiro atoms. The molecular weight excluding hydrogens is 531 g/mol. The van der Waals surface area contributed by atoms with Gasteiger partial charge in [0.25, 0.3) is 10.0 Å². The van der Waals surface area contributed by atoms with Crippen LogP contribution in [0.1, 0.15) is 22.3 Å².